The van der Waals surface area contributed by atoms with Crippen molar-refractivity contribution in [3.05, 3.63) is 84.4 Å². The Bertz CT molecular complexity index is 1120. The minimum absolute atomic E-state index is 0.652. The Kier molecular flexibility index (Phi) is 6.23. The summed E-state index contributed by atoms with van der Waals surface area (Å²) in [6.07, 6.45) is -0.00105. The predicted octanol–water partition coefficient (Wildman–Crippen LogP) is 6.11. The molecule has 0 aliphatic heterocycles. The molecule has 160 valence electrons. The molecule has 4 rings (SSSR count). The number of anilines is 1. The van der Waals surface area contributed by atoms with Gasteiger partial charge in [0.15, 0.2) is 0 Å². The van der Waals surface area contributed by atoms with Gasteiger partial charge in [-0.25, -0.2) is 0 Å². The molecule has 31 heavy (non-hydrogen) atoms. The molecular formula is C24H22F3N3O. The first kappa shape index (κ1) is 20.9. The third kappa shape index (κ3) is 5.24. The van der Waals surface area contributed by atoms with Crippen molar-refractivity contribution >= 4 is 16.6 Å². The van der Waals surface area contributed by atoms with Crippen molar-refractivity contribution in [3.63, 3.8) is 0 Å². The molecule has 0 bridgehead atoms. The molecule has 4 nitrogen and oxygen atoms in total. The second kappa shape index (κ2) is 9.22. The molecule has 0 aliphatic rings. The second-order valence-corrected chi connectivity index (χ2v) is 7.20. The number of hydrogen-bond donors (Lipinski definition) is 2. The minimum atomic E-state index is -4.33. The predicted molar refractivity (Wildman–Crippen MR) is 116 cm³/mol. The summed E-state index contributed by atoms with van der Waals surface area (Å²) in [5.41, 5.74) is 2.67. The number of hydrogen-bond acceptors (Lipinski definition) is 4. The van der Waals surface area contributed by atoms with Gasteiger partial charge in [0.25, 0.3) is 0 Å². The van der Waals surface area contributed by atoms with Crippen LogP contribution in [0, 0.1) is 0 Å². The fourth-order valence-electron chi connectivity index (χ4n) is 3.39. The lowest BCUT2D eigenvalue weighted by Crippen LogP contribution is -2.17. The first-order chi connectivity index (χ1) is 15.0. The lowest BCUT2D eigenvalue weighted by molar-refractivity contribution is -0.137. The van der Waals surface area contributed by atoms with E-state index in [1.54, 1.807) is 12.5 Å². The van der Waals surface area contributed by atoms with E-state index in [0.29, 0.717) is 6.54 Å². The second-order valence-electron chi connectivity index (χ2n) is 7.20. The fourth-order valence-corrected chi connectivity index (χ4v) is 3.39. The van der Waals surface area contributed by atoms with Gasteiger partial charge in [-0.2, -0.15) is 13.2 Å². The number of alkyl halides is 3. The van der Waals surface area contributed by atoms with E-state index in [1.807, 2.05) is 36.4 Å². The van der Waals surface area contributed by atoms with E-state index in [4.69, 9.17) is 4.42 Å². The van der Waals surface area contributed by atoms with Crippen molar-refractivity contribution in [2.45, 2.75) is 19.1 Å². The van der Waals surface area contributed by atoms with Gasteiger partial charge in [0.2, 0.25) is 0 Å². The van der Waals surface area contributed by atoms with Crippen molar-refractivity contribution in [3.8, 4) is 11.1 Å². The number of aromatic nitrogens is 1. The van der Waals surface area contributed by atoms with Crippen LogP contribution < -0.4 is 10.6 Å². The van der Waals surface area contributed by atoms with Gasteiger partial charge in [-0.3, -0.25) is 4.98 Å². The Balaban J connectivity index is 1.38. The number of nitrogens with zero attached hydrogens (tertiary/aromatic N) is 1. The van der Waals surface area contributed by atoms with Gasteiger partial charge in [0, 0.05) is 23.8 Å². The Labute approximate surface area is 178 Å². The van der Waals surface area contributed by atoms with Crippen molar-refractivity contribution < 1.29 is 17.6 Å². The molecule has 7 heteroatoms. The van der Waals surface area contributed by atoms with Crippen molar-refractivity contribution in [1.29, 1.82) is 0 Å². The molecule has 0 saturated carbocycles. The van der Waals surface area contributed by atoms with E-state index in [9.17, 15) is 13.2 Å². The lowest BCUT2D eigenvalue weighted by atomic mass is 10.0. The minimum Gasteiger partial charge on any atom is -0.468 e. The Morgan fingerprint density at radius 2 is 1.71 bits per heavy atom. The molecule has 2 aromatic heterocycles. The van der Waals surface area contributed by atoms with Gasteiger partial charge < -0.3 is 15.1 Å². The summed E-state index contributed by atoms with van der Waals surface area (Å²) in [6, 6.07) is 16.7. The summed E-state index contributed by atoms with van der Waals surface area (Å²) in [5, 5.41) is 7.74. The van der Waals surface area contributed by atoms with Crippen LogP contribution in [0.1, 0.15) is 17.7 Å². The molecule has 0 spiro atoms. The van der Waals surface area contributed by atoms with Crippen LogP contribution in [0.5, 0.6) is 0 Å². The quantitative estimate of drug-likeness (QED) is 0.335. The van der Waals surface area contributed by atoms with Crippen LogP contribution in [0.15, 0.2) is 77.5 Å². The highest BCUT2D eigenvalue weighted by Gasteiger charge is 2.29. The first-order valence-corrected chi connectivity index (χ1v) is 10.0. The molecular weight excluding hydrogens is 403 g/mol. The third-order valence-corrected chi connectivity index (χ3v) is 5.01. The highest BCUT2D eigenvalue weighted by molar-refractivity contribution is 5.93. The van der Waals surface area contributed by atoms with Gasteiger partial charge in [-0.1, -0.05) is 24.3 Å². The van der Waals surface area contributed by atoms with E-state index in [1.165, 1.54) is 12.1 Å². The van der Waals surface area contributed by atoms with Gasteiger partial charge >= 0.3 is 6.18 Å². The molecule has 2 heterocycles. The smallest absolute Gasteiger partial charge is 0.416 e. The number of rotatable bonds is 8. The summed E-state index contributed by atoms with van der Waals surface area (Å²) in [4.78, 5) is 4.43. The van der Waals surface area contributed by atoms with E-state index >= 15 is 0 Å². The Morgan fingerprint density at radius 3 is 2.45 bits per heavy atom. The molecule has 0 amide bonds. The SMILES string of the molecule is FC(F)(F)c1ccc(-c2ccc3c(NCCCNCc4ccco4)ccnc3c2)cc1. The third-order valence-electron chi connectivity index (χ3n) is 5.01. The Hall–Kier alpha value is -3.32. The van der Waals surface area contributed by atoms with Crippen LogP contribution in [-0.4, -0.2) is 18.1 Å². The summed E-state index contributed by atoms with van der Waals surface area (Å²) in [6.45, 7) is 2.36. The average molecular weight is 425 g/mol. The highest BCUT2D eigenvalue weighted by atomic mass is 19.4. The summed E-state index contributed by atoms with van der Waals surface area (Å²) in [7, 11) is 0. The average Bonchev–Trinajstić information content (AvgIpc) is 3.29. The van der Waals surface area contributed by atoms with Crippen LogP contribution >= 0.6 is 0 Å². The maximum atomic E-state index is 12.8. The van der Waals surface area contributed by atoms with Crippen LogP contribution in [0.2, 0.25) is 0 Å². The maximum Gasteiger partial charge on any atom is 0.416 e. The molecule has 2 aromatic carbocycles. The molecule has 0 saturated heterocycles. The van der Waals surface area contributed by atoms with Crippen LogP contribution in [0.3, 0.4) is 0 Å². The number of nitrogens with one attached hydrogen (secondary N) is 2. The van der Waals surface area contributed by atoms with Crippen LogP contribution in [0.25, 0.3) is 22.0 Å². The number of pyridine rings is 1. The molecule has 0 radical (unpaired) electrons. The van der Waals surface area contributed by atoms with Gasteiger partial charge in [0.05, 0.1) is 23.9 Å². The van der Waals surface area contributed by atoms with E-state index in [0.717, 1.165) is 65.1 Å². The Morgan fingerprint density at radius 1 is 0.903 bits per heavy atom. The topological polar surface area (TPSA) is 50.1 Å². The summed E-state index contributed by atoms with van der Waals surface area (Å²) < 4.78 is 43.6. The van der Waals surface area contributed by atoms with Crippen LogP contribution in [-0.2, 0) is 12.7 Å². The first-order valence-electron chi connectivity index (χ1n) is 10.0. The molecule has 0 aliphatic carbocycles. The summed E-state index contributed by atoms with van der Waals surface area (Å²) in [5.74, 6) is 0.914. The standard InChI is InChI=1S/C24H22F3N3O/c25-24(26,27)19-7-4-17(5-8-19)18-6-9-21-22(10-13-30-23(21)15-18)29-12-2-11-28-16-20-3-1-14-31-20/h1,3-10,13-15,28H,2,11-12,16H2,(H,29,30). The molecule has 4 aromatic rings. The molecule has 0 unspecified atom stereocenters. The zero-order valence-electron chi connectivity index (χ0n) is 16.7. The van der Waals surface area contributed by atoms with E-state index < -0.39 is 11.7 Å². The molecule has 0 atom stereocenters. The van der Waals surface area contributed by atoms with Crippen molar-refractivity contribution in [2.24, 2.45) is 0 Å². The number of furan rings is 1. The zero-order chi connectivity index (χ0) is 21.7. The number of fused-ring (bicyclic) bond motifs is 1. The number of halogens is 3. The normalized spacial score (nSPS) is 11.7. The maximum absolute atomic E-state index is 12.8. The number of benzene rings is 2. The van der Waals surface area contributed by atoms with Crippen LogP contribution in [0.4, 0.5) is 18.9 Å². The monoisotopic (exact) mass is 425 g/mol. The highest BCUT2D eigenvalue weighted by Crippen LogP contribution is 2.32. The lowest BCUT2D eigenvalue weighted by Gasteiger charge is -2.11. The van der Waals surface area contributed by atoms with E-state index in [2.05, 4.69) is 15.6 Å². The van der Waals surface area contributed by atoms with Gasteiger partial charge in [0.1, 0.15) is 5.76 Å². The fraction of sp³-hybridized carbons (Fsp3) is 0.208. The van der Waals surface area contributed by atoms with Crippen molar-refractivity contribution in [1.82, 2.24) is 10.3 Å². The van der Waals surface area contributed by atoms with E-state index in [-0.39, 0.29) is 0 Å². The molecule has 2 N–H and O–H groups in total. The zero-order valence-corrected chi connectivity index (χ0v) is 16.7. The summed E-state index contributed by atoms with van der Waals surface area (Å²) >= 11 is 0. The molecule has 0 fully saturated rings. The van der Waals surface area contributed by atoms with Gasteiger partial charge in [-0.15, -0.1) is 0 Å². The largest absolute Gasteiger partial charge is 0.468 e. The van der Waals surface area contributed by atoms with Gasteiger partial charge in [-0.05, 0) is 60.5 Å². The van der Waals surface area contributed by atoms with Crippen molar-refractivity contribution in [2.75, 3.05) is 18.4 Å².